The molecule has 0 radical (unpaired) electrons. The lowest BCUT2D eigenvalue weighted by Gasteiger charge is -2.21. The molecule has 0 unspecified atom stereocenters. The topological polar surface area (TPSA) is 15.3 Å². The van der Waals surface area contributed by atoms with E-state index in [2.05, 4.69) is 5.32 Å². The third-order valence-corrected chi connectivity index (χ3v) is 2.92. The van der Waals surface area contributed by atoms with Crippen molar-refractivity contribution in [2.75, 3.05) is 17.3 Å². The van der Waals surface area contributed by atoms with Gasteiger partial charge in [0.1, 0.15) is 5.82 Å². The second-order valence-corrected chi connectivity index (χ2v) is 4.22. The van der Waals surface area contributed by atoms with Crippen molar-refractivity contribution in [2.45, 2.75) is 0 Å². The van der Waals surface area contributed by atoms with Gasteiger partial charge in [-0.3, -0.25) is 0 Å². The van der Waals surface area contributed by atoms with Crippen LogP contribution < -0.4 is 10.2 Å². The van der Waals surface area contributed by atoms with Crippen LogP contribution in [0.5, 0.6) is 0 Å². The van der Waals surface area contributed by atoms with Gasteiger partial charge in [-0.25, -0.2) is 4.39 Å². The maximum absolute atomic E-state index is 12.8. The summed E-state index contributed by atoms with van der Waals surface area (Å²) in [6.07, 6.45) is 0. The Morgan fingerprint density at radius 2 is 1.67 bits per heavy atom. The smallest absolute Gasteiger partial charge is 0.177 e. The number of hydrogen-bond donors (Lipinski definition) is 1. The second kappa shape index (κ2) is 5.60. The van der Waals surface area contributed by atoms with Crippen molar-refractivity contribution in [3.8, 4) is 0 Å². The SMILES string of the molecule is CN(C(=S)Nc1ccccc1)c1ccc(F)cc1. The maximum Gasteiger partial charge on any atom is 0.177 e. The first-order valence-corrected chi connectivity index (χ1v) is 5.93. The van der Waals surface area contributed by atoms with Gasteiger partial charge in [-0.2, -0.15) is 0 Å². The number of hydrogen-bond acceptors (Lipinski definition) is 1. The summed E-state index contributed by atoms with van der Waals surface area (Å²) in [5, 5.41) is 3.68. The first-order valence-electron chi connectivity index (χ1n) is 5.52. The van der Waals surface area contributed by atoms with Gasteiger partial charge in [0.2, 0.25) is 0 Å². The molecule has 0 saturated heterocycles. The van der Waals surface area contributed by atoms with Crippen LogP contribution >= 0.6 is 12.2 Å². The largest absolute Gasteiger partial charge is 0.332 e. The Morgan fingerprint density at radius 3 is 2.28 bits per heavy atom. The van der Waals surface area contributed by atoms with E-state index in [9.17, 15) is 4.39 Å². The van der Waals surface area contributed by atoms with Gasteiger partial charge in [-0.15, -0.1) is 0 Å². The molecule has 0 bridgehead atoms. The van der Waals surface area contributed by atoms with Gasteiger partial charge < -0.3 is 10.2 Å². The van der Waals surface area contributed by atoms with E-state index < -0.39 is 0 Å². The normalized spacial score (nSPS) is 9.89. The molecule has 0 spiro atoms. The molecular formula is C14H13FN2S. The Hall–Kier alpha value is -1.94. The minimum atomic E-state index is -0.255. The highest BCUT2D eigenvalue weighted by atomic mass is 32.1. The average Bonchev–Trinajstić information content (AvgIpc) is 2.40. The Kier molecular flexibility index (Phi) is 3.89. The number of anilines is 2. The van der Waals surface area contributed by atoms with Gasteiger partial charge in [0.25, 0.3) is 0 Å². The van der Waals surface area contributed by atoms with E-state index in [0.29, 0.717) is 5.11 Å². The summed E-state index contributed by atoms with van der Waals surface area (Å²) in [7, 11) is 1.84. The van der Waals surface area contributed by atoms with Crippen molar-refractivity contribution in [2.24, 2.45) is 0 Å². The Balaban J connectivity index is 2.07. The van der Waals surface area contributed by atoms with E-state index in [-0.39, 0.29) is 5.82 Å². The molecule has 0 aliphatic rings. The number of halogens is 1. The van der Waals surface area contributed by atoms with E-state index in [0.717, 1.165) is 11.4 Å². The molecule has 0 saturated carbocycles. The predicted molar refractivity (Wildman–Crippen MR) is 77.5 cm³/mol. The summed E-state index contributed by atoms with van der Waals surface area (Å²) in [5.74, 6) is -0.255. The molecule has 0 aliphatic carbocycles. The quantitative estimate of drug-likeness (QED) is 0.830. The molecule has 18 heavy (non-hydrogen) atoms. The molecule has 0 heterocycles. The van der Waals surface area contributed by atoms with E-state index in [1.807, 2.05) is 37.4 Å². The molecule has 2 aromatic carbocycles. The molecule has 2 rings (SSSR count). The van der Waals surface area contributed by atoms with Crippen LogP contribution in [0, 0.1) is 5.82 Å². The summed E-state index contributed by atoms with van der Waals surface area (Å²) in [4.78, 5) is 1.79. The standard InChI is InChI=1S/C14H13FN2S/c1-17(13-9-7-11(15)8-10-13)14(18)16-12-5-3-2-4-6-12/h2-10H,1H3,(H,16,18). The molecule has 0 atom stereocenters. The fraction of sp³-hybridized carbons (Fsp3) is 0.0714. The maximum atomic E-state index is 12.8. The van der Waals surface area contributed by atoms with Crippen molar-refractivity contribution < 1.29 is 4.39 Å². The number of nitrogens with zero attached hydrogens (tertiary/aromatic N) is 1. The monoisotopic (exact) mass is 260 g/mol. The molecule has 2 aromatic rings. The predicted octanol–water partition coefficient (Wildman–Crippen LogP) is 3.66. The minimum Gasteiger partial charge on any atom is -0.332 e. The highest BCUT2D eigenvalue weighted by Gasteiger charge is 2.06. The molecular weight excluding hydrogens is 247 g/mol. The number of nitrogens with one attached hydrogen (secondary N) is 1. The highest BCUT2D eigenvalue weighted by molar-refractivity contribution is 7.80. The van der Waals surface area contributed by atoms with Crippen LogP contribution in [-0.2, 0) is 0 Å². The zero-order chi connectivity index (χ0) is 13.0. The van der Waals surface area contributed by atoms with Gasteiger partial charge in [0.05, 0.1) is 0 Å². The van der Waals surface area contributed by atoms with Crippen molar-refractivity contribution >= 4 is 28.7 Å². The molecule has 0 fully saturated rings. The van der Waals surface area contributed by atoms with Crippen LogP contribution in [0.1, 0.15) is 0 Å². The molecule has 0 amide bonds. The van der Waals surface area contributed by atoms with Crippen LogP contribution in [-0.4, -0.2) is 12.2 Å². The van der Waals surface area contributed by atoms with Crippen LogP contribution in [0.15, 0.2) is 54.6 Å². The Bertz CT molecular complexity index is 525. The third kappa shape index (κ3) is 3.05. The van der Waals surface area contributed by atoms with Gasteiger partial charge in [-0.05, 0) is 48.6 Å². The lowest BCUT2D eigenvalue weighted by atomic mass is 10.3. The summed E-state index contributed by atoms with van der Waals surface area (Å²) in [6.45, 7) is 0. The van der Waals surface area contributed by atoms with Gasteiger partial charge in [-0.1, -0.05) is 18.2 Å². The van der Waals surface area contributed by atoms with Crippen molar-refractivity contribution in [3.63, 3.8) is 0 Å². The first-order chi connectivity index (χ1) is 8.66. The molecule has 0 aromatic heterocycles. The first kappa shape index (κ1) is 12.5. The Labute approximate surface area is 111 Å². The lowest BCUT2D eigenvalue weighted by Crippen LogP contribution is -2.30. The number of thiocarbonyl (C=S) groups is 1. The molecule has 4 heteroatoms. The van der Waals surface area contributed by atoms with Crippen LogP contribution in [0.4, 0.5) is 15.8 Å². The third-order valence-electron chi connectivity index (χ3n) is 2.54. The molecule has 1 N–H and O–H groups in total. The van der Waals surface area contributed by atoms with Crippen molar-refractivity contribution in [1.82, 2.24) is 0 Å². The molecule has 92 valence electrons. The molecule has 0 aliphatic heterocycles. The zero-order valence-electron chi connectivity index (χ0n) is 9.93. The van der Waals surface area contributed by atoms with Gasteiger partial charge in [0, 0.05) is 18.4 Å². The summed E-state index contributed by atoms with van der Waals surface area (Å²) < 4.78 is 12.8. The number of rotatable bonds is 2. The summed E-state index contributed by atoms with van der Waals surface area (Å²) in [6, 6.07) is 15.9. The fourth-order valence-electron chi connectivity index (χ4n) is 1.51. The van der Waals surface area contributed by atoms with E-state index >= 15 is 0 Å². The van der Waals surface area contributed by atoms with E-state index in [4.69, 9.17) is 12.2 Å². The number of para-hydroxylation sites is 1. The van der Waals surface area contributed by atoms with Crippen molar-refractivity contribution in [3.05, 3.63) is 60.4 Å². The van der Waals surface area contributed by atoms with Gasteiger partial charge >= 0.3 is 0 Å². The van der Waals surface area contributed by atoms with Crippen molar-refractivity contribution in [1.29, 1.82) is 0 Å². The van der Waals surface area contributed by atoms with Crippen LogP contribution in [0.25, 0.3) is 0 Å². The average molecular weight is 260 g/mol. The van der Waals surface area contributed by atoms with E-state index in [1.165, 1.54) is 12.1 Å². The van der Waals surface area contributed by atoms with Crippen LogP contribution in [0.2, 0.25) is 0 Å². The Morgan fingerprint density at radius 1 is 1.06 bits per heavy atom. The number of benzene rings is 2. The fourth-order valence-corrected chi connectivity index (χ4v) is 1.73. The minimum absolute atomic E-state index is 0.255. The summed E-state index contributed by atoms with van der Waals surface area (Å²) in [5.41, 5.74) is 1.77. The summed E-state index contributed by atoms with van der Waals surface area (Å²) >= 11 is 5.29. The zero-order valence-corrected chi connectivity index (χ0v) is 10.7. The highest BCUT2D eigenvalue weighted by Crippen LogP contribution is 2.15. The van der Waals surface area contributed by atoms with E-state index in [1.54, 1.807) is 17.0 Å². The molecule has 2 nitrogen and oxygen atoms in total. The second-order valence-electron chi connectivity index (χ2n) is 3.83. The lowest BCUT2D eigenvalue weighted by molar-refractivity contribution is 0.628. The van der Waals surface area contributed by atoms with Gasteiger partial charge in [0.15, 0.2) is 5.11 Å². The van der Waals surface area contributed by atoms with Crippen LogP contribution in [0.3, 0.4) is 0 Å².